The number of carbonyl (C=O) groups excluding carboxylic acids is 1. The lowest BCUT2D eigenvalue weighted by molar-refractivity contribution is -0.384. The van der Waals surface area contributed by atoms with Gasteiger partial charge in [-0.2, -0.15) is 0 Å². The summed E-state index contributed by atoms with van der Waals surface area (Å²) in [7, 11) is 1.54. The standard InChI is InChI=1S/C31H28BrN5O7S2/c1-5-7-21-26(29(40)44-6-2)27(17-8-10-22(43-4)20(32)14-17)36-28(39)24(46-31(36)34-21)15-18-13-19(37(41)42)9-11-23(18)45-30-33-16(3)12-25(38)35-30/h8-15,27H,5-7H2,1-4H3,(H,33,35,38)/b24-15+/t27-/m0/s1. The maximum Gasteiger partial charge on any atom is 0.338 e. The highest BCUT2D eigenvalue weighted by atomic mass is 79.9. The summed E-state index contributed by atoms with van der Waals surface area (Å²) in [6, 6.07) is 10.1. The summed E-state index contributed by atoms with van der Waals surface area (Å²) in [5.41, 5.74) is 1.34. The van der Waals surface area contributed by atoms with Crippen LogP contribution in [-0.4, -0.2) is 39.1 Å². The van der Waals surface area contributed by atoms with Crippen molar-refractivity contribution in [1.82, 2.24) is 14.5 Å². The number of benzene rings is 2. The van der Waals surface area contributed by atoms with Crippen LogP contribution in [0.3, 0.4) is 0 Å². The highest BCUT2D eigenvalue weighted by molar-refractivity contribution is 9.10. The number of nitrogens with zero attached hydrogens (tertiary/aromatic N) is 4. The number of methoxy groups -OCH3 is 1. The van der Waals surface area contributed by atoms with E-state index < -0.39 is 22.5 Å². The minimum Gasteiger partial charge on any atom is -0.496 e. The Labute approximate surface area is 278 Å². The van der Waals surface area contributed by atoms with Crippen molar-refractivity contribution in [2.75, 3.05) is 13.7 Å². The highest BCUT2D eigenvalue weighted by Crippen LogP contribution is 2.36. The summed E-state index contributed by atoms with van der Waals surface area (Å²) in [5.74, 6) is 0.00434. The van der Waals surface area contributed by atoms with Crippen molar-refractivity contribution >= 4 is 56.8 Å². The molecule has 1 N–H and O–H groups in total. The first kappa shape index (κ1) is 33.0. The largest absolute Gasteiger partial charge is 0.496 e. The molecule has 0 aliphatic carbocycles. The molecular weight excluding hydrogens is 698 g/mol. The van der Waals surface area contributed by atoms with Crippen molar-refractivity contribution < 1.29 is 19.2 Å². The molecule has 2 aromatic heterocycles. The topological polar surface area (TPSA) is 159 Å². The second-order valence-electron chi connectivity index (χ2n) is 10.1. The number of carbonyl (C=O) groups is 1. The van der Waals surface area contributed by atoms with Crippen molar-refractivity contribution in [2.24, 2.45) is 4.99 Å². The lowest BCUT2D eigenvalue weighted by atomic mass is 9.94. The van der Waals surface area contributed by atoms with E-state index in [-0.39, 0.29) is 28.0 Å². The van der Waals surface area contributed by atoms with E-state index in [2.05, 4.69) is 25.9 Å². The van der Waals surface area contributed by atoms with E-state index in [1.54, 1.807) is 51.3 Å². The molecule has 12 nitrogen and oxygen atoms in total. The minimum absolute atomic E-state index is 0.138. The van der Waals surface area contributed by atoms with Crippen molar-refractivity contribution in [2.45, 2.75) is 49.7 Å². The maximum absolute atomic E-state index is 14.2. The minimum atomic E-state index is -0.860. The number of aromatic nitrogens is 3. The van der Waals surface area contributed by atoms with Crippen LogP contribution >= 0.6 is 39.0 Å². The van der Waals surface area contributed by atoms with Crippen LogP contribution in [0.25, 0.3) is 6.08 Å². The quantitative estimate of drug-likeness (QED) is 0.105. The Bertz CT molecular complexity index is 2140. The van der Waals surface area contributed by atoms with Crippen molar-refractivity contribution in [3.63, 3.8) is 0 Å². The Morgan fingerprint density at radius 3 is 2.65 bits per heavy atom. The van der Waals surface area contributed by atoms with Crippen LogP contribution in [0, 0.1) is 17.0 Å². The molecule has 0 fully saturated rings. The Hall–Kier alpha value is -4.34. The molecule has 0 spiro atoms. The summed E-state index contributed by atoms with van der Waals surface area (Å²) in [4.78, 5) is 63.6. The van der Waals surface area contributed by atoms with Crippen LogP contribution in [-0.2, 0) is 9.53 Å². The van der Waals surface area contributed by atoms with Crippen molar-refractivity contribution in [3.8, 4) is 5.75 Å². The zero-order valence-corrected chi connectivity index (χ0v) is 28.4. The Kier molecular flexibility index (Phi) is 10.0. The normalized spacial score (nSPS) is 14.5. The van der Waals surface area contributed by atoms with Gasteiger partial charge in [-0.05, 0) is 71.6 Å². The van der Waals surface area contributed by atoms with Crippen LogP contribution in [0.15, 0.2) is 82.8 Å². The molecule has 5 rings (SSSR count). The fraction of sp³-hybridized carbons (Fsp3) is 0.258. The molecule has 0 bridgehead atoms. The number of rotatable bonds is 10. The summed E-state index contributed by atoms with van der Waals surface area (Å²) < 4.78 is 13.2. The molecule has 0 saturated heterocycles. The number of halogens is 1. The summed E-state index contributed by atoms with van der Waals surface area (Å²) in [5, 5.41) is 12.0. The van der Waals surface area contributed by atoms with Gasteiger partial charge in [-0.3, -0.25) is 24.3 Å². The number of hydrogen-bond donors (Lipinski definition) is 1. The number of ether oxygens (including phenoxy) is 2. The third-order valence-electron chi connectivity index (χ3n) is 6.93. The molecule has 4 aromatic rings. The van der Waals surface area contributed by atoms with Crippen LogP contribution in [0.1, 0.15) is 49.6 Å². The number of aromatic amines is 1. The number of thiazole rings is 1. The Morgan fingerprint density at radius 2 is 2.00 bits per heavy atom. The van der Waals surface area contributed by atoms with Crippen molar-refractivity contribution in [1.29, 1.82) is 0 Å². The number of nitrogens with one attached hydrogen (secondary N) is 1. The van der Waals surface area contributed by atoms with Gasteiger partial charge in [0.05, 0.1) is 45.0 Å². The predicted octanol–water partition coefficient (Wildman–Crippen LogP) is 4.80. The fourth-order valence-corrected chi connectivity index (χ4v) is 7.48. The molecule has 0 unspecified atom stereocenters. The van der Waals surface area contributed by atoms with Gasteiger partial charge in [-0.15, -0.1) is 0 Å². The second kappa shape index (κ2) is 14.0. The van der Waals surface area contributed by atoms with Gasteiger partial charge in [0.2, 0.25) is 0 Å². The Morgan fingerprint density at radius 1 is 1.22 bits per heavy atom. The van der Waals surface area contributed by atoms with Gasteiger partial charge >= 0.3 is 5.97 Å². The molecule has 1 aliphatic heterocycles. The molecule has 0 amide bonds. The van der Waals surface area contributed by atoms with E-state index >= 15 is 0 Å². The molecule has 1 atom stereocenters. The van der Waals surface area contributed by atoms with Crippen LogP contribution < -0.4 is 25.2 Å². The molecule has 238 valence electrons. The van der Waals surface area contributed by atoms with Gasteiger partial charge in [-0.25, -0.2) is 14.8 Å². The molecule has 0 radical (unpaired) electrons. The predicted molar refractivity (Wildman–Crippen MR) is 177 cm³/mol. The fourth-order valence-electron chi connectivity index (χ4n) is 4.99. The second-order valence-corrected chi connectivity index (χ2v) is 13.0. The number of hydrogen-bond acceptors (Lipinski definition) is 11. The molecular formula is C31H28BrN5O7S2. The lowest BCUT2D eigenvalue weighted by Crippen LogP contribution is -2.40. The molecule has 2 aromatic carbocycles. The van der Waals surface area contributed by atoms with E-state index in [4.69, 9.17) is 14.5 Å². The van der Waals surface area contributed by atoms with Crippen LogP contribution in [0.2, 0.25) is 0 Å². The maximum atomic E-state index is 14.2. The molecule has 1 aliphatic rings. The first-order valence-corrected chi connectivity index (χ1v) is 16.6. The number of esters is 1. The third-order valence-corrected chi connectivity index (χ3v) is 9.51. The number of non-ortho nitro benzene ring substituents is 1. The van der Waals surface area contributed by atoms with Crippen LogP contribution in [0.4, 0.5) is 5.69 Å². The Balaban J connectivity index is 1.75. The number of nitro benzene ring substituents is 1. The summed E-state index contributed by atoms with van der Waals surface area (Å²) in [6.45, 7) is 5.51. The number of allylic oxidation sites excluding steroid dienone is 1. The van der Waals surface area contributed by atoms with Gasteiger partial charge < -0.3 is 14.5 Å². The first-order valence-electron chi connectivity index (χ1n) is 14.1. The molecule has 15 heteroatoms. The first-order chi connectivity index (χ1) is 22.0. The average molecular weight is 727 g/mol. The van der Waals surface area contributed by atoms with E-state index in [9.17, 15) is 24.5 Å². The summed E-state index contributed by atoms with van der Waals surface area (Å²) >= 11 is 5.74. The van der Waals surface area contributed by atoms with Gasteiger partial charge in [0.15, 0.2) is 9.96 Å². The average Bonchev–Trinajstić information content (AvgIpc) is 3.31. The van der Waals surface area contributed by atoms with Gasteiger partial charge in [0.1, 0.15) is 5.75 Å². The van der Waals surface area contributed by atoms with E-state index in [0.717, 1.165) is 23.1 Å². The summed E-state index contributed by atoms with van der Waals surface area (Å²) in [6.07, 6.45) is 2.72. The van der Waals surface area contributed by atoms with E-state index in [0.29, 0.717) is 60.4 Å². The lowest BCUT2D eigenvalue weighted by Gasteiger charge is -2.26. The van der Waals surface area contributed by atoms with Gasteiger partial charge in [-0.1, -0.05) is 42.5 Å². The molecule has 46 heavy (non-hydrogen) atoms. The number of nitro groups is 1. The monoisotopic (exact) mass is 725 g/mol. The molecule has 0 saturated carbocycles. The number of fused-ring (bicyclic) bond motifs is 1. The zero-order chi connectivity index (χ0) is 33.1. The number of aryl methyl sites for hydroxylation is 1. The van der Waals surface area contributed by atoms with Gasteiger partial charge in [0, 0.05) is 28.8 Å². The third kappa shape index (κ3) is 6.76. The van der Waals surface area contributed by atoms with Gasteiger partial charge in [0.25, 0.3) is 16.8 Å². The SMILES string of the molecule is CCCC1=C(C(=O)OCC)[C@H](c2ccc(OC)c(Br)c2)n2c(s/c(=C/c3cc([N+](=O)[O-])ccc3Sc3nc(C)cc(=O)[nH]3)c2=O)=N1. The zero-order valence-electron chi connectivity index (χ0n) is 25.2. The highest BCUT2D eigenvalue weighted by Gasteiger charge is 2.34. The van der Waals surface area contributed by atoms with Crippen molar-refractivity contribution in [3.05, 3.63) is 115 Å². The van der Waals surface area contributed by atoms with E-state index in [1.165, 1.54) is 22.8 Å². The van der Waals surface area contributed by atoms with E-state index in [1.807, 2.05) is 6.92 Å². The van der Waals surface area contributed by atoms with Crippen LogP contribution in [0.5, 0.6) is 5.75 Å². The molecule has 3 heterocycles. The smallest absolute Gasteiger partial charge is 0.338 e. The number of H-pyrrole nitrogens is 1.